The van der Waals surface area contributed by atoms with Gasteiger partial charge < -0.3 is 14.2 Å². The van der Waals surface area contributed by atoms with E-state index in [1.54, 1.807) is 36.4 Å². The number of rotatable bonds is 10. The van der Waals surface area contributed by atoms with Gasteiger partial charge in [-0.1, -0.05) is 12.1 Å². The number of hydrogen-bond acceptors (Lipinski definition) is 10. The number of aromatic nitrogens is 6. The van der Waals surface area contributed by atoms with Gasteiger partial charge in [0.25, 0.3) is 5.91 Å². The van der Waals surface area contributed by atoms with Crippen molar-refractivity contribution in [1.82, 2.24) is 34.2 Å². The van der Waals surface area contributed by atoms with Crippen LogP contribution in [-0.2, 0) is 27.3 Å². The smallest absolute Gasteiger partial charge is 0.306 e. The van der Waals surface area contributed by atoms with E-state index in [4.69, 9.17) is 4.74 Å². The highest BCUT2D eigenvalue weighted by molar-refractivity contribution is 7.13. The van der Waals surface area contributed by atoms with Crippen molar-refractivity contribution in [2.24, 2.45) is 0 Å². The maximum atomic E-state index is 16.2. The molecule has 14 heteroatoms. The fourth-order valence-corrected chi connectivity index (χ4v) is 7.09. The van der Waals surface area contributed by atoms with Gasteiger partial charge in [-0.3, -0.25) is 24.5 Å². The van der Waals surface area contributed by atoms with Crippen molar-refractivity contribution in [1.29, 1.82) is 0 Å². The van der Waals surface area contributed by atoms with E-state index in [0.29, 0.717) is 33.8 Å². The average molecular weight is 686 g/mol. The van der Waals surface area contributed by atoms with Crippen LogP contribution in [0.25, 0.3) is 22.0 Å². The number of pyridine rings is 1. The number of amides is 1. The maximum Gasteiger partial charge on any atom is 0.306 e. The zero-order valence-electron chi connectivity index (χ0n) is 27.9. The molecule has 12 nitrogen and oxygen atoms in total. The number of nitrogens with one attached hydrogen (secondary N) is 1. The lowest BCUT2D eigenvalue weighted by Gasteiger charge is -2.35. The highest BCUT2D eigenvalue weighted by atomic mass is 32.1. The molecule has 1 saturated heterocycles. The lowest BCUT2D eigenvalue weighted by atomic mass is 10.1. The molecule has 0 spiro atoms. The third-order valence-corrected chi connectivity index (χ3v) is 9.58. The van der Waals surface area contributed by atoms with Gasteiger partial charge in [0.1, 0.15) is 16.9 Å². The molecule has 0 bridgehead atoms. The fraction of sp³-hybridized carbons (Fsp3) is 0.429. The van der Waals surface area contributed by atoms with Crippen LogP contribution in [-0.4, -0.2) is 84.4 Å². The van der Waals surface area contributed by atoms with Gasteiger partial charge in [0.2, 0.25) is 0 Å². The van der Waals surface area contributed by atoms with Crippen molar-refractivity contribution < 1.29 is 18.7 Å². The number of ether oxygens (including phenoxy) is 1. The van der Waals surface area contributed by atoms with Gasteiger partial charge in [0.05, 0.1) is 12.0 Å². The number of nitrogens with zero attached hydrogens (tertiary/aromatic N) is 8. The van der Waals surface area contributed by atoms with E-state index < -0.39 is 17.5 Å². The van der Waals surface area contributed by atoms with Gasteiger partial charge in [-0.2, -0.15) is 5.10 Å². The molecule has 1 aromatic carbocycles. The molecule has 2 aliphatic heterocycles. The second-order valence-electron chi connectivity index (χ2n) is 13.5. The quantitative estimate of drug-likeness (QED) is 0.195. The molecule has 0 aliphatic carbocycles. The molecule has 1 unspecified atom stereocenters. The summed E-state index contributed by atoms with van der Waals surface area (Å²) in [5.74, 6) is -0.126. The van der Waals surface area contributed by atoms with Crippen LogP contribution >= 0.6 is 11.3 Å². The number of piperazine rings is 1. The topological polar surface area (TPSA) is 123 Å². The molecule has 1 fully saturated rings. The molecule has 7 rings (SSSR count). The second-order valence-corrected chi connectivity index (χ2v) is 14.4. The summed E-state index contributed by atoms with van der Waals surface area (Å²) >= 11 is 1.32. The third-order valence-electron chi connectivity index (χ3n) is 8.89. The Hall–Kier alpha value is -4.69. The monoisotopic (exact) mass is 685 g/mol. The first-order valence-corrected chi connectivity index (χ1v) is 17.6. The first kappa shape index (κ1) is 32.8. The number of fused-ring (bicyclic) bond motifs is 2. The summed E-state index contributed by atoms with van der Waals surface area (Å²) in [6.45, 7) is 10.7. The number of halogens is 1. The molecule has 5 aromatic rings. The second kappa shape index (κ2) is 13.7. The van der Waals surface area contributed by atoms with E-state index in [2.05, 4.69) is 39.7 Å². The molecule has 6 heterocycles. The number of benzene rings is 1. The van der Waals surface area contributed by atoms with Crippen LogP contribution in [0, 0.1) is 5.82 Å². The van der Waals surface area contributed by atoms with Crippen LogP contribution in [0.1, 0.15) is 57.5 Å². The van der Waals surface area contributed by atoms with Crippen LogP contribution in [0.4, 0.5) is 15.3 Å². The van der Waals surface area contributed by atoms with Gasteiger partial charge in [-0.25, -0.2) is 19.3 Å². The number of carbonyl (C=O) groups is 2. The van der Waals surface area contributed by atoms with E-state index in [0.717, 1.165) is 70.0 Å². The Labute approximate surface area is 287 Å². The lowest BCUT2D eigenvalue weighted by molar-refractivity contribution is -0.155. The van der Waals surface area contributed by atoms with Gasteiger partial charge in [0, 0.05) is 85.3 Å². The summed E-state index contributed by atoms with van der Waals surface area (Å²) in [5.41, 5.74) is 2.35. The number of aryl methyl sites for hydroxylation is 1. The van der Waals surface area contributed by atoms with Gasteiger partial charge in [-0.05, 0) is 58.7 Å². The molecular weight excluding hydrogens is 646 g/mol. The number of imidazole rings is 1. The Bertz CT molecular complexity index is 1940. The Morgan fingerprint density at radius 2 is 1.90 bits per heavy atom. The first-order chi connectivity index (χ1) is 23.6. The van der Waals surface area contributed by atoms with Crippen molar-refractivity contribution >= 4 is 45.1 Å². The number of thiazole rings is 1. The SMILES string of the molecule is CC(C)(C)OC(=O)CCCN1CCN(c2ccc(-c3ccc4cn(C(C(=O)Nc5nccs5)c5ncn6c5CCC6)nc4c3F)cn2)CC1. The fourth-order valence-electron chi connectivity index (χ4n) is 6.56. The molecule has 1 atom stereocenters. The normalized spacial score (nSPS) is 15.8. The van der Waals surface area contributed by atoms with Gasteiger partial charge in [-0.15, -0.1) is 11.3 Å². The van der Waals surface area contributed by atoms with E-state index in [9.17, 15) is 9.59 Å². The summed E-state index contributed by atoms with van der Waals surface area (Å²) in [7, 11) is 0. The summed E-state index contributed by atoms with van der Waals surface area (Å²) in [6, 6.07) is 6.47. The maximum absolute atomic E-state index is 16.2. The highest BCUT2D eigenvalue weighted by Gasteiger charge is 2.32. The summed E-state index contributed by atoms with van der Waals surface area (Å²) in [5, 5.41) is 10.4. The Morgan fingerprint density at radius 3 is 2.63 bits per heavy atom. The molecule has 0 saturated carbocycles. The minimum absolute atomic E-state index is 0.157. The van der Waals surface area contributed by atoms with Crippen molar-refractivity contribution in [3.8, 4) is 11.1 Å². The van der Waals surface area contributed by atoms with Crippen molar-refractivity contribution in [3.05, 3.63) is 71.8 Å². The molecular formula is C35H40FN9O3S. The van der Waals surface area contributed by atoms with E-state index in [1.165, 1.54) is 16.0 Å². The van der Waals surface area contributed by atoms with Gasteiger partial charge >= 0.3 is 5.97 Å². The van der Waals surface area contributed by atoms with E-state index >= 15 is 4.39 Å². The Kier molecular flexibility index (Phi) is 9.16. The number of carbonyl (C=O) groups excluding carboxylic acids is 2. The third kappa shape index (κ3) is 7.20. The summed E-state index contributed by atoms with van der Waals surface area (Å²) in [6.07, 6.45) is 9.75. The molecule has 256 valence electrons. The summed E-state index contributed by atoms with van der Waals surface area (Å²) in [4.78, 5) is 43.8. The molecule has 49 heavy (non-hydrogen) atoms. The predicted molar refractivity (Wildman–Crippen MR) is 186 cm³/mol. The first-order valence-electron chi connectivity index (χ1n) is 16.7. The predicted octanol–water partition coefficient (Wildman–Crippen LogP) is 5.31. The minimum atomic E-state index is -0.889. The van der Waals surface area contributed by atoms with Crippen molar-refractivity contribution in [2.75, 3.05) is 42.9 Å². The van der Waals surface area contributed by atoms with Crippen molar-refractivity contribution in [2.45, 2.75) is 64.6 Å². The largest absolute Gasteiger partial charge is 0.460 e. The van der Waals surface area contributed by atoms with Crippen LogP contribution in [0.5, 0.6) is 0 Å². The standard InChI is InChI=1S/C35H40FN9O3S/c1-35(2,3)48-28(46)7-5-13-42-15-17-43(18-16-42)27-11-9-23(20-38-27)25-10-8-24-21-45(41-30(24)29(25)36)32(33(47)40-34-37-12-19-49-34)31-26-6-4-14-44(26)22-39-31/h8-12,19-22,32H,4-7,13-18H2,1-3H3,(H,37,40,47). The Morgan fingerprint density at radius 1 is 1.06 bits per heavy atom. The van der Waals surface area contributed by atoms with E-state index in [-0.39, 0.29) is 17.4 Å². The molecule has 2 aliphatic rings. The zero-order valence-corrected chi connectivity index (χ0v) is 28.7. The van der Waals surface area contributed by atoms with Gasteiger partial charge in [0.15, 0.2) is 17.0 Å². The molecule has 1 N–H and O–H groups in total. The van der Waals surface area contributed by atoms with Crippen molar-refractivity contribution in [3.63, 3.8) is 0 Å². The van der Waals surface area contributed by atoms with Crippen LogP contribution < -0.4 is 10.2 Å². The zero-order chi connectivity index (χ0) is 34.1. The summed E-state index contributed by atoms with van der Waals surface area (Å²) < 4.78 is 25.1. The van der Waals surface area contributed by atoms with E-state index in [1.807, 2.05) is 39.0 Å². The number of anilines is 2. The number of hydrogen-bond donors (Lipinski definition) is 1. The molecule has 1 amide bonds. The average Bonchev–Trinajstić information content (AvgIpc) is 3.88. The molecule has 0 radical (unpaired) electrons. The highest BCUT2D eigenvalue weighted by Crippen LogP contribution is 2.32. The van der Waals surface area contributed by atoms with Crippen LogP contribution in [0.15, 0.2) is 54.6 Å². The molecule has 4 aromatic heterocycles. The minimum Gasteiger partial charge on any atom is -0.460 e. The van der Waals surface area contributed by atoms with Crippen LogP contribution in [0.3, 0.4) is 0 Å². The Balaban J connectivity index is 1.04. The lowest BCUT2D eigenvalue weighted by Crippen LogP contribution is -2.47. The van der Waals surface area contributed by atoms with Crippen LogP contribution in [0.2, 0.25) is 0 Å². The number of esters is 1.